The van der Waals surface area contributed by atoms with Gasteiger partial charge in [0.25, 0.3) is 0 Å². The van der Waals surface area contributed by atoms with E-state index < -0.39 is 23.8 Å². The molecule has 0 heterocycles. The second kappa shape index (κ2) is 10.5. The first kappa shape index (κ1) is 22.5. The fraction of sp³-hybridized carbons (Fsp3) is 0.550. The molecule has 7 heteroatoms. The van der Waals surface area contributed by atoms with Crippen LogP contribution in [-0.2, 0) is 41.6 Å². The summed E-state index contributed by atoms with van der Waals surface area (Å²) < 4.78 is 15.3. The van der Waals surface area contributed by atoms with Crippen molar-refractivity contribution >= 4 is 23.6 Å². The summed E-state index contributed by atoms with van der Waals surface area (Å²) in [6.45, 7) is 8.97. The quantitative estimate of drug-likeness (QED) is 0.399. The number of aryl methyl sites for hydroxylation is 1. The molecule has 1 aromatic rings. The highest BCUT2D eigenvalue weighted by atomic mass is 16.5. The maximum absolute atomic E-state index is 12.4. The predicted octanol–water partition coefficient (Wildman–Crippen LogP) is 2.62. The number of nitrogens with two attached hydrogens (primary N) is 1. The summed E-state index contributed by atoms with van der Waals surface area (Å²) in [6.07, 6.45) is 0.179. The molecule has 7 nitrogen and oxygen atoms in total. The lowest BCUT2D eigenvalue weighted by molar-refractivity contribution is -0.154. The monoisotopic (exact) mass is 379 g/mol. The van der Waals surface area contributed by atoms with Crippen molar-refractivity contribution in [1.82, 2.24) is 0 Å². The Bertz CT molecular complexity index is 698. The largest absolute Gasteiger partial charge is 0.466 e. The number of hydrogen-bond donors (Lipinski definition) is 1. The maximum Gasteiger partial charge on any atom is 0.309 e. The van der Waals surface area contributed by atoms with Crippen LogP contribution in [-0.4, -0.2) is 31.1 Å². The number of benzene rings is 1. The van der Waals surface area contributed by atoms with E-state index in [1.807, 2.05) is 19.9 Å². The Morgan fingerprint density at radius 1 is 1.07 bits per heavy atom. The molecule has 0 radical (unpaired) electrons. The molecule has 0 aliphatic rings. The Morgan fingerprint density at radius 2 is 1.70 bits per heavy atom. The maximum atomic E-state index is 12.4. The molecule has 150 valence electrons. The van der Waals surface area contributed by atoms with Gasteiger partial charge in [-0.2, -0.15) is 0 Å². The summed E-state index contributed by atoms with van der Waals surface area (Å²) >= 11 is 0. The summed E-state index contributed by atoms with van der Waals surface area (Å²) in [5, 5.41) is 0. The van der Waals surface area contributed by atoms with Crippen LogP contribution in [0.5, 0.6) is 0 Å². The van der Waals surface area contributed by atoms with Gasteiger partial charge >= 0.3 is 17.9 Å². The van der Waals surface area contributed by atoms with Crippen LogP contribution in [0, 0.1) is 19.8 Å². The molecule has 1 aromatic carbocycles. The van der Waals surface area contributed by atoms with Crippen LogP contribution in [0.3, 0.4) is 0 Å². The second-order valence-corrected chi connectivity index (χ2v) is 6.31. The Kier molecular flexibility index (Phi) is 8.78. The van der Waals surface area contributed by atoms with Gasteiger partial charge in [0.05, 0.1) is 25.6 Å². The van der Waals surface area contributed by atoms with Crippen LogP contribution in [0.2, 0.25) is 0 Å². The van der Waals surface area contributed by atoms with Crippen molar-refractivity contribution in [1.29, 1.82) is 0 Å². The van der Waals surface area contributed by atoms with E-state index in [0.717, 1.165) is 22.3 Å². The molecular formula is C20H29NO6. The summed E-state index contributed by atoms with van der Waals surface area (Å²) in [6, 6.07) is 1.86. The predicted molar refractivity (Wildman–Crippen MR) is 101 cm³/mol. The molecule has 0 spiro atoms. The molecule has 0 aliphatic heterocycles. The van der Waals surface area contributed by atoms with Gasteiger partial charge in [0.15, 0.2) is 0 Å². The van der Waals surface area contributed by atoms with E-state index in [1.165, 1.54) is 6.92 Å². The van der Waals surface area contributed by atoms with Crippen molar-refractivity contribution in [3.05, 3.63) is 28.3 Å². The van der Waals surface area contributed by atoms with E-state index in [0.29, 0.717) is 5.69 Å². The van der Waals surface area contributed by atoms with Crippen LogP contribution in [0.25, 0.3) is 0 Å². The van der Waals surface area contributed by atoms with Gasteiger partial charge in [0.2, 0.25) is 0 Å². The first-order chi connectivity index (χ1) is 12.7. The minimum absolute atomic E-state index is 0.0515. The van der Waals surface area contributed by atoms with Gasteiger partial charge in [-0.15, -0.1) is 0 Å². The van der Waals surface area contributed by atoms with E-state index in [2.05, 4.69) is 0 Å². The normalized spacial score (nSPS) is 11.6. The Morgan fingerprint density at radius 3 is 2.26 bits per heavy atom. The zero-order chi connectivity index (χ0) is 20.6. The summed E-state index contributed by atoms with van der Waals surface area (Å²) in [5.41, 5.74) is 9.91. The topological polar surface area (TPSA) is 105 Å². The van der Waals surface area contributed by atoms with Gasteiger partial charge in [-0.05, 0) is 56.4 Å². The van der Waals surface area contributed by atoms with E-state index >= 15 is 0 Å². The first-order valence-electron chi connectivity index (χ1n) is 9.04. The third-order valence-corrected chi connectivity index (χ3v) is 4.28. The molecule has 0 fully saturated rings. The van der Waals surface area contributed by atoms with Crippen LogP contribution < -0.4 is 5.73 Å². The van der Waals surface area contributed by atoms with Crippen molar-refractivity contribution < 1.29 is 28.6 Å². The standard InChI is InChI=1S/C20H29NO6/c1-6-25-18(23)10-16(20(24)26-7-2)9-15-8-12(3)19(21)13(4)17(15)11-27-14(5)22/h8,16H,6-7,9-11,21H2,1-5H3. The molecule has 0 saturated carbocycles. The van der Waals surface area contributed by atoms with Gasteiger partial charge < -0.3 is 19.9 Å². The second-order valence-electron chi connectivity index (χ2n) is 6.31. The molecule has 0 aromatic heterocycles. The Labute approximate surface area is 160 Å². The lowest BCUT2D eigenvalue weighted by Gasteiger charge is -2.20. The van der Waals surface area contributed by atoms with Crippen molar-refractivity contribution in [3.8, 4) is 0 Å². The van der Waals surface area contributed by atoms with Crippen LogP contribution in [0.15, 0.2) is 6.07 Å². The average molecular weight is 379 g/mol. The molecular weight excluding hydrogens is 350 g/mol. The minimum atomic E-state index is -0.692. The molecule has 1 atom stereocenters. The third-order valence-electron chi connectivity index (χ3n) is 4.28. The van der Waals surface area contributed by atoms with E-state index in [4.69, 9.17) is 19.9 Å². The van der Waals surface area contributed by atoms with Crippen LogP contribution >= 0.6 is 0 Å². The molecule has 0 amide bonds. The zero-order valence-corrected chi connectivity index (χ0v) is 16.7. The van der Waals surface area contributed by atoms with Gasteiger partial charge in [0.1, 0.15) is 6.61 Å². The van der Waals surface area contributed by atoms with Gasteiger partial charge in [-0.1, -0.05) is 6.07 Å². The zero-order valence-electron chi connectivity index (χ0n) is 16.7. The molecule has 27 heavy (non-hydrogen) atoms. The van der Waals surface area contributed by atoms with Gasteiger partial charge in [-0.25, -0.2) is 0 Å². The SMILES string of the molecule is CCOC(=O)CC(Cc1cc(C)c(N)c(C)c1COC(C)=O)C(=O)OCC. The molecule has 0 saturated heterocycles. The lowest BCUT2D eigenvalue weighted by Crippen LogP contribution is -2.25. The summed E-state index contributed by atoms with van der Waals surface area (Å²) in [4.78, 5) is 35.5. The third kappa shape index (κ3) is 6.58. The summed E-state index contributed by atoms with van der Waals surface area (Å²) in [5.74, 6) is -2.02. The highest BCUT2D eigenvalue weighted by Gasteiger charge is 2.26. The van der Waals surface area contributed by atoms with Crippen molar-refractivity contribution in [2.24, 2.45) is 5.92 Å². The van der Waals surface area contributed by atoms with E-state index in [9.17, 15) is 14.4 Å². The van der Waals surface area contributed by atoms with Crippen LogP contribution in [0.1, 0.15) is 49.4 Å². The van der Waals surface area contributed by atoms with Crippen LogP contribution in [0.4, 0.5) is 5.69 Å². The lowest BCUT2D eigenvalue weighted by atomic mass is 9.89. The average Bonchev–Trinajstić information content (AvgIpc) is 2.59. The molecule has 0 aliphatic carbocycles. The number of hydrogen-bond acceptors (Lipinski definition) is 7. The summed E-state index contributed by atoms with van der Waals surface area (Å²) in [7, 11) is 0. The molecule has 1 unspecified atom stereocenters. The number of rotatable bonds is 9. The Hall–Kier alpha value is -2.57. The number of ether oxygens (including phenoxy) is 3. The molecule has 2 N–H and O–H groups in total. The van der Waals surface area contributed by atoms with E-state index in [-0.39, 0.29) is 32.7 Å². The number of carbonyl (C=O) groups excluding carboxylic acids is 3. The fourth-order valence-electron chi connectivity index (χ4n) is 2.87. The first-order valence-corrected chi connectivity index (χ1v) is 9.04. The van der Waals surface area contributed by atoms with E-state index in [1.54, 1.807) is 13.8 Å². The number of esters is 3. The van der Waals surface area contributed by atoms with Crippen molar-refractivity contribution in [3.63, 3.8) is 0 Å². The highest BCUT2D eigenvalue weighted by Crippen LogP contribution is 2.28. The molecule has 0 bridgehead atoms. The Balaban J connectivity index is 3.22. The number of anilines is 1. The smallest absolute Gasteiger partial charge is 0.309 e. The number of nitrogen functional groups attached to an aromatic ring is 1. The molecule has 1 rings (SSSR count). The number of carbonyl (C=O) groups is 3. The van der Waals surface area contributed by atoms with Crippen molar-refractivity contribution in [2.75, 3.05) is 18.9 Å². The highest BCUT2D eigenvalue weighted by molar-refractivity contribution is 5.80. The minimum Gasteiger partial charge on any atom is -0.466 e. The van der Waals surface area contributed by atoms with Crippen molar-refractivity contribution in [2.45, 2.75) is 54.1 Å². The van der Waals surface area contributed by atoms with Gasteiger partial charge in [0, 0.05) is 12.6 Å². The fourth-order valence-corrected chi connectivity index (χ4v) is 2.87. The van der Waals surface area contributed by atoms with Gasteiger partial charge in [-0.3, -0.25) is 14.4 Å².